The third-order valence-corrected chi connectivity index (χ3v) is 6.16. The quantitative estimate of drug-likeness (QED) is 0.542. The van der Waals surface area contributed by atoms with Gasteiger partial charge in [0.25, 0.3) is 5.56 Å². The van der Waals surface area contributed by atoms with Gasteiger partial charge in [0, 0.05) is 25.1 Å². The summed E-state index contributed by atoms with van der Waals surface area (Å²) in [7, 11) is 0. The molecule has 1 aliphatic heterocycles. The van der Waals surface area contributed by atoms with Crippen LogP contribution in [0.3, 0.4) is 0 Å². The molecule has 0 unspecified atom stereocenters. The zero-order valence-corrected chi connectivity index (χ0v) is 15.8. The molecule has 28 heavy (non-hydrogen) atoms. The molecule has 0 spiro atoms. The molecule has 5 rings (SSSR count). The lowest BCUT2D eigenvalue weighted by molar-refractivity contribution is 0.131. The van der Waals surface area contributed by atoms with Crippen molar-refractivity contribution in [2.45, 2.75) is 18.8 Å². The first kappa shape index (κ1) is 17.0. The van der Waals surface area contributed by atoms with Gasteiger partial charge >= 0.3 is 6.09 Å². The number of thiophene rings is 1. The second-order valence-electron chi connectivity index (χ2n) is 7.07. The molecule has 2 N–H and O–H groups in total. The summed E-state index contributed by atoms with van der Waals surface area (Å²) in [6, 6.07) is 9.64. The number of nitrogens with zero attached hydrogens (tertiary/aromatic N) is 3. The Hall–Kier alpha value is -3.13. The molecule has 3 aromatic heterocycles. The molecule has 4 aromatic rings. The van der Waals surface area contributed by atoms with Gasteiger partial charge in [-0.1, -0.05) is 12.1 Å². The van der Waals surface area contributed by atoms with E-state index in [0.29, 0.717) is 31.6 Å². The van der Waals surface area contributed by atoms with Crippen LogP contribution in [-0.2, 0) is 0 Å². The van der Waals surface area contributed by atoms with Crippen LogP contribution in [0.15, 0.2) is 45.9 Å². The van der Waals surface area contributed by atoms with Gasteiger partial charge in [0.15, 0.2) is 0 Å². The summed E-state index contributed by atoms with van der Waals surface area (Å²) in [6.07, 6.45) is 0.469. The molecule has 8 heteroatoms. The van der Waals surface area contributed by atoms with Crippen molar-refractivity contribution in [2.75, 3.05) is 13.1 Å². The third kappa shape index (κ3) is 2.68. The van der Waals surface area contributed by atoms with Crippen molar-refractivity contribution >= 4 is 34.0 Å². The van der Waals surface area contributed by atoms with Crippen molar-refractivity contribution in [2.24, 2.45) is 0 Å². The number of carboxylic acid groups (broad SMARTS) is 1. The van der Waals surface area contributed by atoms with Gasteiger partial charge in [0.1, 0.15) is 5.65 Å². The number of carbonyl (C=O) groups is 1. The first-order valence-corrected chi connectivity index (χ1v) is 10.1. The molecular weight excluding hydrogens is 376 g/mol. The van der Waals surface area contributed by atoms with Gasteiger partial charge in [0.05, 0.1) is 16.6 Å². The number of likely N-dealkylation sites (tertiary alicyclic amines) is 1. The fourth-order valence-electron chi connectivity index (χ4n) is 4.10. The van der Waals surface area contributed by atoms with Gasteiger partial charge in [-0.05, 0) is 46.9 Å². The summed E-state index contributed by atoms with van der Waals surface area (Å²) in [4.78, 5) is 28.0. The van der Waals surface area contributed by atoms with E-state index in [1.807, 2.05) is 28.1 Å². The minimum Gasteiger partial charge on any atom is -0.465 e. The van der Waals surface area contributed by atoms with E-state index in [1.54, 1.807) is 17.4 Å². The van der Waals surface area contributed by atoms with Crippen LogP contribution in [0.25, 0.3) is 27.7 Å². The van der Waals surface area contributed by atoms with E-state index in [0.717, 1.165) is 27.7 Å². The van der Waals surface area contributed by atoms with Gasteiger partial charge < -0.3 is 15.0 Å². The monoisotopic (exact) mass is 394 g/mol. The van der Waals surface area contributed by atoms with Crippen molar-refractivity contribution in [3.05, 3.63) is 57.1 Å². The number of aromatic amines is 1. The highest BCUT2D eigenvalue weighted by atomic mass is 32.1. The first-order valence-electron chi connectivity index (χ1n) is 9.17. The molecule has 0 atom stereocenters. The number of rotatable bonds is 2. The molecule has 0 radical (unpaired) electrons. The van der Waals surface area contributed by atoms with Crippen molar-refractivity contribution < 1.29 is 9.90 Å². The maximum Gasteiger partial charge on any atom is 0.407 e. The second kappa shape index (κ2) is 6.49. The van der Waals surface area contributed by atoms with Crippen LogP contribution in [0.4, 0.5) is 4.79 Å². The molecule has 1 saturated heterocycles. The van der Waals surface area contributed by atoms with Crippen LogP contribution < -0.4 is 5.56 Å². The standard InChI is InChI=1S/C20H18N4O3S/c25-17-10-16(12-4-7-23(8-5-12)20(26)27)24-19(21-17)18-14(13-6-9-28-11-13)2-1-3-15(18)22-24/h1-3,6,9-12H,4-5,7-8H2,(H,21,25)(H,26,27). The number of nitrogens with one attached hydrogen (secondary N) is 1. The third-order valence-electron chi connectivity index (χ3n) is 5.48. The number of fused-ring (bicyclic) bond motifs is 3. The van der Waals surface area contributed by atoms with Gasteiger partial charge in [-0.2, -0.15) is 16.4 Å². The van der Waals surface area contributed by atoms with Crippen molar-refractivity contribution in [3.63, 3.8) is 0 Å². The number of amides is 1. The molecule has 1 amide bonds. The fraction of sp³-hybridized carbons (Fsp3) is 0.250. The number of aromatic nitrogens is 3. The number of piperidine rings is 1. The summed E-state index contributed by atoms with van der Waals surface area (Å²) in [5, 5.41) is 19.0. The van der Waals surface area contributed by atoms with Gasteiger partial charge in [-0.15, -0.1) is 0 Å². The number of hydrogen-bond donors (Lipinski definition) is 2. The normalized spacial score (nSPS) is 15.5. The lowest BCUT2D eigenvalue weighted by atomic mass is 9.93. The maximum atomic E-state index is 12.5. The Balaban J connectivity index is 1.68. The van der Waals surface area contributed by atoms with Crippen LogP contribution in [0.5, 0.6) is 0 Å². The fourth-order valence-corrected chi connectivity index (χ4v) is 4.76. The Bertz CT molecular complexity index is 1230. The van der Waals surface area contributed by atoms with Crippen LogP contribution in [-0.4, -0.2) is 43.8 Å². The second-order valence-corrected chi connectivity index (χ2v) is 7.85. The highest BCUT2D eigenvalue weighted by Gasteiger charge is 2.26. The molecule has 142 valence electrons. The molecule has 1 fully saturated rings. The lowest BCUT2D eigenvalue weighted by Crippen LogP contribution is -2.37. The first-order chi connectivity index (χ1) is 13.6. The molecular formula is C20H18N4O3S. The maximum absolute atomic E-state index is 12.5. The van der Waals surface area contributed by atoms with E-state index in [-0.39, 0.29) is 11.5 Å². The van der Waals surface area contributed by atoms with E-state index in [1.165, 1.54) is 4.90 Å². The average Bonchev–Trinajstić information content (AvgIpc) is 3.35. The van der Waals surface area contributed by atoms with E-state index >= 15 is 0 Å². The average molecular weight is 394 g/mol. The number of hydrogen-bond acceptors (Lipinski definition) is 4. The SMILES string of the molecule is O=C(O)N1CCC(c2cc(=O)[nH]c3c4c(-c5ccsc5)cccc4nn23)CC1. The molecule has 0 aliphatic carbocycles. The Morgan fingerprint density at radius 2 is 2.07 bits per heavy atom. The van der Waals surface area contributed by atoms with E-state index in [2.05, 4.69) is 16.4 Å². The van der Waals surface area contributed by atoms with E-state index in [4.69, 9.17) is 5.10 Å². The zero-order chi connectivity index (χ0) is 19.3. The summed E-state index contributed by atoms with van der Waals surface area (Å²) in [6.45, 7) is 0.935. The summed E-state index contributed by atoms with van der Waals surface area (Å²) in [5.74, 6) is 0.0966. The van der Waals surface area contributed by atoms with Crippen molar-refractivity contribution in [1.29, 1.82) is 0 Å². The van der Waals surface area contributed by atoms with Crippen LogP contribution in [0.2, 0.25) is 0 Å². The van der Waals surface area contributed by atoms with Crippen LogP contribution in [0.1, 0.15) is 24.5 Å². The lowest BCUT2D eigenvalue weighted by Gasteiger charge is -2.30. The van der Waals surface area contributed by atoms with Gasteiger partial charge in [-0.25, -0.2) is 9.31 Å². The smallest absolute Gasteiger partial charge is 0.407 e. The summed E-state index contributed by atoms with van der Waals surface area (Å²) >= 11 is 1.63. The predicted octanol–water partition coefficient (Wildman–Crippen LogP) is 3.76. The number of benzene rings is 1. The molecule has 0 saturated carbocycles. The Labute approximate surface area is 163 Å². The van der Waals surface area contributed by atoms with E-state index in [9.17, 15) is 14.7 Å². The zero-order valence-electron chi connectivity index (χ0n) is 15.0. The largest absolute Gasteiger partial charge is 0.465 e. The summed E-state index contributed by atoms with van der Waals surface area (Å²) < 4.78 is 1.84. The van der Waals surface area contributed by atoms with Crippen LogP contribution >= 0.6 is 11.3 Å². The molecule has 0 bridgehead atoms. The Morgan fingerprint density at radius 3 is 2.79 bits per heavy atom. The van der Waals surface area contributed by atoms with Crippen molar-refractivity contribution in [1.82, 2.24) is 19.5 Å². The topological polar surface area (TPSA) is 90.7 Å². The van der Waals surface area contributed by atoms with Crippen LogP contribution in [0, 0.1) is 0 Å². The molecule has 1 aliphatic rings. The minimum absolute atomic E-state index is 0.0966. The molecule has 4 heterocycles. The van der Waals surface area contributed by atoms with Crippen molar-refractivity contribution in [3.8, 4) is 11.1 Å². The molecule has 1 aromatic carbocycles. The Kier molecular flexibility index (Phi) is 3.94. The van der Waals surface area contributed by atoms with E-state index < -0.39 is 6.09 Å². The summed E-state index contributed by atoms with van der Waals surface area (Å²) in [5.41, 5.74) is 4.35. The Morgan fingerprint density at radius 1 is 1.25 bits per heavy atom. The number of H-pyrrole nitrogens is 1. The highest BCUT2D eigenvalue weighted by molar-refractivity contribution is 7.08. The molecule has 7 nitrogen and oxygen atoms in total. The highest BCUT2D eigenvalue weighted by Crippen LogP contribution is 2.34. The predicted molar refractivity (Wildman–Crippen MR) is 108 cm³/mol. The minimum atomic E-state index is -0.889. The van der Waals surface area contributed by atoms with Gasteiger partial charge in [0.2, 0.25) is 0 Å². The van der Waals surface area contributed by atoms with Gasteiger partial charge in [-0.3, -0.25) is 4.79 Å².